The number of thioether (sulfide) groups is 1. The summed E-state index contributed by atoms with van der Waals surface area (Å²) in [5.41, 5.74) is 0. The van der Waals surface area contributed by atoms with Gasteiger partial charge in [0.05, 0.1) is 4.87 Å². The molecule has 1 amide bonds. The Labute approximate surface area is 74.9 Å². The highest BCUT2D eigenvalue weighted by Crippen LogP contribution is 2.37. The normalized spacial score (nSPS) is 27.2. The fourth-order valence-corrected chi connectivity index (χ4v) is 2.39. The second kappa shape index (κ2) is 2.97. The van der Waals surface area contributed by atoms with Crippen LogP contribution >= 0.6 is 11.8 Å². The van der Waals surface area contributed by atoms with Crippen molar-refractivity contribution in [1.82, 2.24) is 4.90 Å². The molecule has 1 N–H and O–H groups in total. The maximum absolute atomic E-state index is 10.6. The SMILES string of the molecule is CC1(C)SC[C@H](C(=O)O)N1C=O. The molecule has 68 valence electrons. The average molecular weight is 189 g/mol. The molecule has 12 heavy (non-hydrogen) atoms. The summed E-state index contributed by atoms with van der Waals surface area (Å²) in [4.78, 5) is 22.2. The van der Waals surface area contributed by atoms with E-state index in [9.17, 15) is 9.59 Å². The zero-order valence-electron chi connectivity index (χ0n) is 6.98. The lowest BCUT2D eigenvalue weighted by Gasteiger charge is -2.28. The fraction of sp³-hybridized carbons (Fsp3) is 0.714. The molecule has 0 saturated carbocycles. The van der Waals surface area contributed by atoms with Crippen molar-refractivity contribution in [3.63, 3.8) is 0 Å². The van der Waals surface area contributed by atoms with E-state index < -0.39 is 12.0 Å². The number of hydrogen-bond acceptors (Lipinski definition) is 3. The number of carbonyl (C=O) groups excluding carboxylic acids is 1. The van der Waals surface area contributed by atoms with Crippen LogP contribution in [-0.4, -0.2) is 39.1 Å². The molecular weight excluding hydrogens is 178 g/mol. The number of rotatable bonds is 2. The first-order valence-electron chi connectivity index (χ1n) is 3.59. The van der Waals surface area contributed by atoms with E-state index in [-0.39, 0.29) is 4.87 Å². The molecule has 1 fully saturated rings. The van der Waals surface area contributed by atoms with Crippen molar-refractivity contribution >= 4 is 24.1 Å². The van der Waals surface area contributed by atoms with E-state index in [1.165, 1.54) is 16.7 Å². The Hall–Kier alpha value is -0.710. The van der Waals surface area contributed by atoms with Gasteiger partial charge in [0.25, 0.3) is 0 Å². The highest BCUT2D eigenvalue weighted by molar-refractivity contribution is 8.00. The predicted molar refractivity (Wildman–Crippen MR) is 45.9 cm³/mol. The van der Waals surface area contributed by atoms with Gasteiger partial charge in [-0.15, -0.1) is 11.8 Å². The van der Waals surface area contributed by atoms with E-state index in [1.54, 1.807) is 0 Å². The van der Waals surface area contributed by atoms with Crippen LogP contribution in [-0.2, 0) is 9.59 Å². The average Bonchev–Trinajstić information content (AvgIpc) is 2.24. The first kappa shape index (κ1) is 9.38. The first-order chi connectivity index (χ1) is 5.49. The largest absolute Gasteiger partial charge is 0.480 e. The van der Waals surface area contributed by atoms with Crippen LogP contribution in [0.3, 0.4) is 0 Å². The van der Waals surface area contributed by atoms with Gasteiger partial charge in [-0.05, 0) is 13.8 Å². The molecule has 0 aromatic carbocycles. The highest BCUT2D eigenvalue weighted by Gasteiger charge is 2.42. The third kappa shape index (κ3) is 1.41. The Balaban J connectivity index is 2.83. The lowest BCUT2D eigenvalue weighted by molar-refractivity contribution is -0.146. The summed E-state index contributed by atoms with van der Waals surface area (Å²) in [7, 11) is 0. The number of carboxylic acids is 1. The van der Waals surface area contributed by atoms with Crippen LogP contribution < -0.4 is 0 Å². The van der Waals surface area contributed by atoms with Crippen molar-refractivity contribution in [2.75, 3.05) is 5.75 Å². The third-order valence-corrected chi connectivity index (χ3v) is 3.35. The lowest BCUT2D eigenvalue weighted by atomic mass is 10.2. The van der Waals surface area contributed by atoms with Crippen molar-refractivity contribution in [3.05, 3.63) is 0 Å². The van der Waals surface area contributed by atoms with Crippen molar-refractivity contribution in [1.29, 1.82) is 0 Å². The molecule has 0 unspecified atom stereocenters. The summed E-state index contributed by atoms with van der Waals surface area (Å²) in [6, 6.07) is -0.664. The Bertz CT molecular complexity index is 217. The molecule has 0 radical (unpaired) electrons. The molecule has 1 aliphatic heterocycles. The Morgan fingerprint density at radius 3 is 2.67 bits per heavy atom. The highest BCUT2D eigenvalue weighted by atomic mass is 32.2. The van der Waals surface area contributed by atoms with Gasteiger partial charge in [0.1, 0.15) is 6.04 Å². The Morgan fingerprint density at radius 1 is 1.75 bits per heavy atom. The number of carboxylic acid groups (broad SMARTS) is 1. The summed E-state index contributed by atoms with van der Waals surface area (Å²) < 4.78 is 0. The molecule has 1 heterocycles. The third-order valence-electron chi connectivity index (χ3n) is 1.95. The van der Waals surface area contributed by atoms with Gasteiger partial charge in [0.15, 0.2) is 0 Å². The van der Waals surface area contributed by atoms with Crippen molar-refractivity contribution in [2.24, 2.45) is 0 Å². The maximum Gasteiger partial charge on any atom is 0.327 e. The van der Waals surface area contributed by atoms with Gasteiger partial charge in [0.2, 0.25) is 6.41 Å². The minimum absolute atomic E-state index is 0.384. The van der Waals surface area contributed by atoms with Crippen LogP contribution in [0.2, 0.25) is 0 Å². The molecule has 0 aliphatic carbocycles. The number of aliphatic carboxylic acids is 1. The van der Waals surface area contributed by atoms with Crippen molar-refractivity contribution < 1.29 is 14.7 Å². The van der Waals surface area contributed by atoms with Gasteiger partial charge in [-0.3, -0.25) is 4.79 Å². The summed E-state index contributed by atoms with van der Waals surface area (Å²) in [6.07, 6.45) is 0.610. The zero-order valence-corrected chi connectivity index (χ0v) is 7.80. The van der Waals surface area contributed by atoms with Crippen LogP contribution in [0, 0.1) is 0 Å². The molecule has 4 nitrogen and oxygen atoms in total. The molecule has 0 spiro atoms. The van der Waals surface area contributed by atoms with E-state index in [0.29, 0.717) is 12.2 Å². The Morgan fingerprint density at radius 2 is 2.33 bits per heavy atom. The molecule has 1 atom stereocenters. The van der Waals surface area contributed by atoms with Gasteiger partial charge in [0, 0.05) is 5.75 Å². The quantitative estimate of drug-likeness (QED) is 0.638. The van der Waals surface area contributed by atoms with E-state index in [4.69, 9.17) is 5.11 Å². The minimum atomic E-state index is -0.930. The van der Waals surface area contributed by atoms with Crippen LogP contribution in [0.15, 0.2) is 0 Å². The lowest BCUT2D eigenvalue weighted by Crippen LogP contribution is -2.45. The second-order valence-corrected chi connectivity index (χ2v) is 4.75. The molecule has 1 rings (SSSR count). The topological polar surface area (TPSA) is 57.6 Å². The molecule has 0 aromatic rings. The molecular formula is C7H11NO3S. The van der Waals surface area contributed by atoms with Crippen LogP contribution in [0.5, 0.6) is 0 Å². The number of nitrogens with zero attached hydrogens (tertiary/aromatic N) is 1. The standard InChI is InChI=1S/C7H11NO3S/c1-7(2)8(4-9)5(3-12-7)6(10)11/h4-5H,3H2,1-2H3,(H,10,11)/t5-/m1/s1. The fourth-order valence-electron chi connectivity index (χ4n) is 1.20. The van der Waals surface area contributed by atoms with Crippen LogP contribution in [0.4, 0.5) is 0 Å². The van der Waals surface area contributed by atoms with E-state index in [2.05, 4.69) is 0 Å². The molecule has 1 aliphatic rings. The van der Waals surface area contributed by atoms with Gasteiger partial charge < -0.3 is 10.0 Å². The number of carbonyl (C=O) groups is 2. The van der Waals surface area contributed by atoms with E-state index in [0.717, 1.165) is 0 Å². The van der Waals surface area contributed by atoms with E-state index in [1.807, 2.05) is 13.8 Å². The predicted octanol–water partition coefficient (Wildman–Crippen LogP) is 0.381. The van der Waals surface area contributed by atoms with Gasteiger partial charge in [-0.1, -0.05) is 0 Å². The summed E-state index contributed by atoms with van der Waals surface area (Å²) >= 11 is 1.48. The number of amides is 1. The van der Waals surface area contributed by atoms with Crippen LogP contribution in [0.25, 0.3) is 0 Å². The summed E-state index contributed by atoms with van der Waals surface area (Å²) in [5, 5.41) is 8.73. The van der Waals surface area contributed by atoms with Gasteiger partial charge in [-0.25, -0.2) is 4.79 Å². The minimum Gasteiger partial charge on any atom is -0.480 e. The van der Waals surface area contributed by atoms with E-state index >= 15 is 0 Å². The zero-order chi connectivity index (χ0) is 9.35. The summed E-state index contributed by atoms with van der Waals surface area (Å²) in [6.45, 7) is 3.68. The molecule has 0 bridgehead atoms. The second-order valence-electron chi connectivity index (χ2n) is 3.12. The summed E-state index contributed by atoms with van der Waals surface area (Å²) in [5.74, 6) is -0.457. The van der Waals surface area contributed by atoms with Crippen molar-refractivity contribution in [2.45, 2.75) is 24.8 Å². The monoisotopic (exact) mass is 189 g/mol. The number of hydrogen-bond donors (Lipinski definition) is 1. The molecule has 5 heteroatoms. The van der Waals surface area contributed by atoms with Gasteiger partial charge >= 0.3 is 5.97 Å². The van der Waals surface area contributed by atoms with Gasteiger partial charge in [-0.2, -0.15) is 0 Å². The van der Waals surface area contributed by atoms with Crippen molar-refractivity contribution in [3.8, 4) is 0 Å². The maximum atomic E-state index is 10.6. The Kier molecular flexibility index (Phi) is 2.32. The smallest absolute Gasteiger partial charge is 0.327 e. The molecule has 0 aromatic heterocycles. The van der Waals surface area contributed by atoms with Crippen LogP contribution in [0.1, 0.15) is 13.8 Å². The first-order valence-corrected chi connectivity index (χ1v) is 4.58. The molecule has 1 saturated heterocycles.